The van der Waals surface area contributed by atoms with E-state index in [1.807, 2.05) is 0 Å². The molecular weight excluding hydrogens is 312 g/mol. The van der Waals surface area contributed by atoms with Gasteiger partial charge in [0.2, 0.25) is 0 Å². The summed E-state index contributed by atoms with van der Waals surface area (Å²) in [5.41, 5.74) is 1.31. The number of ether oxygens (including phenoxy) is 1. The average molecular weight is 323 g/mol. The smallest absolute Gasteiger partial charge is 0.414 e. The fourth-order valence-corrected chi connectivity index (χ4v) is 2.95. The molecule has 0 atom stereocenters. The van der Waals surface area contributed by atoms with Gasteiger partial charge < -0.3 is 10.1 Å². The van der Waals surface area contributed by atoms with Crippen molar-refractivity contribution in [3.8, 4) is 0 Å². The summed E-state index contributed by atoms with van der Waals surface area (Å²) in [6, 6.07) is 10.4. The molecule has 0 aliphatic carbocycles. The third-order valence-corrected chi connectivity index (χ3v) is 4.20. The number of amides is 2. The quantitative estimate of drug-likeness (QED) is 0.939. The van der Waals surface area contributed by atoms with Gasteiger partial charge in [0, 0.05) is 11.4 Å². The van der Waals surface area contributed by atoms with Crippen LogP contribution >= 0.6 is 22.9 Å². The van der Waals surface area contributed by atoms with E-state index in [9.17, 15) is 9.59 Å². The summed E-state index contributed by atoms with van der Waals surface area (Å²) in [5, 5.41) is 2.78. The van der Waals surface area contributed by atoms with E-state index in [2.05, 4.69) is 5.32 Å². The Morgan fingerprint density at radius 1 is 1.33 bits per heavy atom. The zero-order valence-corrected chi connectivity index (χ0v) is 12.4. The number of thiophene rings is 1. The third kappa shape index (κ3) is 3.01. The minimum atomic E-state index is -0.372. The van der Waals surface area contributed by atoms with Gasteiger partial charge in [0.1, 0.15) is 6.61 Å². The van der Waals surface area contributed by atoms with Crippen LogP contribution in [-0.4, -0.2) is 25.2 Å². The molecule has 0 radical (unpaired) electrons. The molecule has 1 saturated heterocycles. The molecule has 2 amide bonds. The Bertz CT molecular complexity index is 701. The molecule has 1 aliphatic heterocycles. The van der Waals surface area contributed by atoms with Gasteiger partial charge in [-0.15, -0.1) is 11.3 Å². The molecule has 1 N–H and O–H groups in total. The second kappa shape index (κ2) is 5.75. The molecule has 1 fully saturated rings. The summed E-state index contributed by atoms with van der Waals surface area (Å²) in [7, 11) is 0. The van der Waals surface area contributed by atoms with Crippen molar-refractivity contribution in [1.29, 1.82) is 0 Å². The Morgan fingerprint density at radius 3 is 2.86 bits per heavy atom. The number of halogens is 1. The number of benzene rings is 1. The van der Waals surface area contributed by atoms with Crippen molar-refractivity contribution in [3.63, 3.8) is 0 Å². The molecule has 0 unspecified atom stereocenters. The van der Waals surface area contributed by atoms with Gasteiger partial charge in [0.15, 0.2) is 0 Å². The monoisotopic (exact) mass is 322 g/mol. The molecule has 3 rings (SSSR count). The lowest BCUT2D eigenvalue weighted by molar-refractivity contribution is 0.103. The van der Waals surface area contributed by atoms with Gasteiger partial charge in [-0.3, -0.25) is 9.69 Å². The van der Waals surface area contributed by atoms with Gasteiger partial charge in [0.25, 0.3) is 5.91 Å². The minimum absolute atomic E-state index is 0.229. The summed E-state index contributed by atoms with van der Waals surface area (Å²) < 4.78 is 5.46. The lowest BCUT2D eigenvalue weighted by Gasteiger charge is -2.14. The number of cyclic esters (lactones) is 1. The zero-order chi connectivity index (χ0) is 14.8. The molecule has 0 spiro atoms. The first-order valence-electron chi connectivity index (χ1n) is 6.24. The highest BCUT2D eigenvalue weighted by Gasteiger charge is 2.23. The first-order chi connectivity index (χ1) is 10.1. The molecule has 2 aromatic rings. The van der Waals surface area contributed by atoms with Crippen LogP contribution in [0.2, 0.25) is 4.34 Å². The van der Waals surface area contributed by atoms with Gasteiger partial charge in [-0.05, 0) is 30.3 Å². The van der Waals surface area contributed by atoms with Gasteiger partial charge in [0.05, 0.1) is 15.8 Å². The molecule has 1 aromatic heterocycles. The number of hydrogen-bond acceptors (Lipinski definition) is 4. The van der Waals surface area contributed by atoms with Gasteiger partial charge in [-0.25, -0.2) is 4.79 Å². The summed E-state index contributed by atoms with van der Waals surface area (Å²) in [4.78, 5) is 25.7. The van der Waals surface area contributed by atoms with E-state index in [0.717, 1.165) is 0 Å². The van der Waals surface area contributed by atoms with Crippen molar-refractivity contribution in [1.82, 2.24) is 0 Å². The first kappa shape index (κ1) is 13.9. The van der Waals surface area contributed by atoms with Crippen molar-refractivity contribution in [2.75, 3.05) is 23.4 Å². The number of anilines is 2. The second-order valence-corrected chi connectivity index (χ2v) is 6.09. The van der Waals surface area contributed by atoms with Gasteiger partial charge >= 0.3 is 6.09 Å². The number of carbonyl (C=O) groups is 2. The van der Waals surface area contributed by atoms with Crippen LogP contribution in [-0.2, 0) is 4.74 Å². The van der Waals surface area contributed by atoms with Crippen molar-refractivity contribution in [3.05, 3.63) is 45.6 Å². The Labute approximate surface area is 130 Å². The number of rotatable bonds is 3. The molecule has 2 heterocycles. The van der Waals surface area contributed by atoms with Crippen molar-refractivity contribution >= 4 is 46.3 Å². The highest BCUT2D eigenvalue weighted by molar-refractivity contribution is 7.18. The fraction of sp³-hybridized carbons (Fsp3) is 0.143. The predicted octanol–water partition coefficient (Wildman–Crippen LogP) is 3.61. The number of nitrogens with zero attached hydrogens (tertiary/aromatic N) is 1. The van der Waals surface area contributed by atoms with Crippen molar-refractivity contribution < 1.29 is 14.3 Å². The zero-order valence-electron chi connectivity index (χ0n) is 10.8. The SMILES string of the molecule is O=C(Nc1cccc(N2CCOC2=O)c1)c1ccc(Cl)s1. The van der Waals surface area contributed by atoms with Crippen LogP contribution in [0.15, 0.2) is 36.4 Å². The van der Waals surface area contributed by atoms with E-state index in [-0.39, 0.29) is 12.0 Å². The van der Waals surface area contributed by atoms with Crippen LogP contribution in [0, 0.1) is 0 Å². The Hall–Kier alpha value is -2.05. The highest BCUT2D eigenvalue weighted by Crippen LogP contribution is 2.25. The topological polar surface area (TPSA) is 58.6 Å². The molecule has 0 saturated carbocycles. The van der Waals surface area contributed by atoms with Gasteiger partial charge in [-0.2, -0.15) is 0 Å². The Kier molecular flexibility index (Phi) is 3.81. The molecule has 1 aromatic carbocycles. The summed E-state index contributed by atoms with van der Waals surface area (Å²) in [5.74, 6) is -0.229. The van der Waals surface area contributed by atoms with E-state index in [0.29, 0.717) is 33.7 Å². The van der Waals surface area contributed by atoms with E-state index in [1.165, 1.54) is 16.2 Å². The normalized spacial score (nSPS) is 14.1. The first-order valence-corrected chi connectivity index (χ1v) is 7.44. The highest BCUT2D eigenvalue weighted by atomic mass is 35.5. The second-order valence-electron chi connectivity index (χ2n) is 4.37. The maximum Gasteiger partial charge on any atom is 0.414 e. The largest absolute Gasteiger partial charge is 0.447 e. The Balaban J connectivity index is 1.77. The van der Waals surface area contributed by atoms with Crippen molar-refractivity contribution in [2.45, 2.75) is 0 Å². The van der Waals surface area contributed by atoms with Crippen LogP contribution in [0.5, 0.6) is 0 Å². The van der Waals surface area contributed by atoms with Crippen molar-refractivity contribution in [2.24, 2.45) is 0 Å². The molecule has 0 bridgehead atoms. The minimum Gasteiger partial charge on any atom is -0.447 e. The summed E-state index contributed by atoms with van der Waals surface area (Å²) >= 11 is 7.03. The van der Waals surface area contributed by atoms with Crippen LogP contribution in [0.4, 0.5) is 16.2 Å². The lowest BCUT2D eigenvalue weighted by atomic mass is 10.2. The number of hydrogen-bond donors (Lipinski definition) is 1. The molecule has 108 valence electrons. The number of nitrogens with one attached hydrogen (secondary N) is 1. The lowest BCUT2D eigenvalue weighted by Crippen LogP contribution is -2.23. The third-order valence-electron chi connectivity index (χ3n) is 2.97. The Morgan fingerprint density at radius 2 is 2.19 bits per heavy atom. The molecule has 21 heavy (non-hydrogen) atoms. The standard InChI is InChI=1S/C14H11ClN2O3S/c15-12-5-4-11(21-12)13(18)16-9-2-1-3-10(8-9)17-6-7-20-14(17)19/h1-5,8H,6-7H2,(H,16,18). The molecular formula is C14H11ClN2O3S. The van der Waals surface area contributed by atoms with Crippen LogP contribution < -0.4 is 10.2 Å². The molecule has 5 nitrogen and oxygen atoms in total. The van der Waals surface area contributed by atoms with E-state index in [1.54, 1.807) is 36.4 Å². The van der Waals surface area contributed by atoms with Gasteiger partial charge in [-0.1, -0.05) is 17.7 Å². The molecule has 1 aliphatic rings. The molecule has 7 heteroatoms. The number of carbonyl (C=O) groups excluding carboxylic acids is 2. The van der Waals surface area contributed by atoms with E-state index >= 15 is 0 Å². The maximum atomic E-state index is 12.1. The van der Waals surface area contributed by atoms with E-state index in [4.69, 9.17) is 16.3 Å². The average Bonchev–Trinajstić information content (AvgIpc) is 3.08. The fourth-order valence-electron chi connectivity index (χ4n) is 2.01. The summed E-state index contributed by atoms with van der Waals surface area (Å²) in [6.45, 7) is 0.889. The van der Waals surface area contributed by atoms with E-state index < -0.39 is 0 Å². The maximum absolute atomic E-state index is 12.1. The van der Waals surface area contributed by atoms with Crippen LogP contribution in [0.25, 0.3) is 0 Å². The predicted molar refractivity (Wildman–Crippen MR) is 82.4 cm³/mol. The summed E-state index contributed by atoms with van der Waals surface area (Å²) in [6.07, 6.45) is -0.372. The van der Waals surface area contributed by atoms with Crippen LogP contribution in [0.1, 0.15) is 9.67 Å². The van der Waals surface area contributed by atoms with Crippen LogP contribution in [0.3, 0.4) is 0 Å².